The van der Waals surface area contributed by atoms with Crippen molar-refractivity contribution >= 4 is 38.6 Å². The van der Waals surface area contributed by atoms with Crippen LogP contribution in [0.2, 0.25) is 0 Å². The van der Waals surface area contributed by atoms with Gasteiger partial charge >= 0.3 is 6.03 Å². The first-order valence-electron chi connectivity index (χ1n) is 10.2. The van der Waals surface area contributed by atoms with E-state index in [1.165, 1.54) is 10.9 Å². The summed E-state index contributed by atoms with van der Waals surface area (Å²) in [4.78, 5) is 18.9. The van der Waals surface area contributed by atoms with Crippen molar-refractivity contribution in [2.75, 3.05) is 19.0 Å². The Bertz CT molecular complexity index is 1250. The third kappa shape index (κ3) is 3.57. The minimum Gasteiger partial charge on any atom is -0.497 e. The maximum absolute atomic E-state index is 13.4. The summed E-state index contributed by atoms with van der Waals surface area (Å²) in [6.07, 6.45) is 0.801. The van der Waals surface area contributed by atoms with E-state index in [4.69, 9.17) is 4.74 Å². The Morgan fingerprint density at radius 2 is 1.81 bits per heavy atom. The molecule has 2 amide bonds. The second kappa shape index (κ2) is 8.12. The van der Waals surface area contributed by atoms with Gasteiger partial charge in [0.15, 0.2) is 0 Å². The summed E-state index contributed by atoms with van der Waals surface area (Å²) in [5, 5.41) is 4.29. The Labute approximate surface area is 189 Å². The normalized spacial score (nSPS) is 15.5. The number of aromatic nitrogens is 1. The van der Waals surface area contributed by atoms with Crippen molar-refractivity contribution in [3.05, 3.63) is 94.1 Å². The number of hydrogen-bond donors (Lipinski definition) is 2. The van der Waals surface area contributed by atoms with Crippen LogP contribution in [0.25, 0.3) is 10.9 Å². The Hall–Kier alpha value is -3.25. The number of nitrogens with zero attached hydrogens (tertiary/aromatic N) is 1. The molecule has 0 unspecified atom stereocenters. The summed E-state index contributed by atoms with van der Waals surface area (Å²) in [6.45, 7) is 0.627. The van der Waals surface area contributed by atoms with Gasteiger partial charge in [-0.05, 0) is 63.8 Å². The van der Waals surface area contributed by atoms with E-state index in [-0.39, 0.29) is 12.1 Å². The molecule has 0 spiro atoms. The molecule has 6 heteroatoms. The Balaban J connectivity index is 1.58. The number of halogens is 1. The molecule has 1 aliphatic rings. The third-order valence-corrected chi connectivity index (χ3v) is 6.53. The summed E-state index contributed by atoms with van der Waals surface area (Å²) in [6, 6.07) is 23.6. The van der Waals surface area contributed by atoms with Crippen LogP contribution in [-0.4, -0.2) is 29.6 Å². The van der Waals surface area contributed by atoms with Crippen molar-refractivity contribution in [1.29, 1.82) is 0 Å². The van der Waals surface area contributed by atoms with Gasteiger partial charge in [-0.1, -0.05) is 42.5 Å². The Morgan fingerprint density at radius 1 is 1.06 bits per heavy atom. The maximum atomic E-state index is 13.4. The molecule has 31 heavy (non-hydrogen) atoms. The lowest BCUT2D eigenvalue weighted by atomic mass is 9.92. The molecule has 2 N–H and O–H groups in total. The van der Waals surface area contributed by atoms with Crippen LogP contribution in [0.15, 0.2) is 77.3 Å². The van der Waals surface area contributed by atoms with Gasteiger partial charge in [0.25, 0.3) is 0 Å². The van der Waals surface area contributed by atoms with Gasteiger partial charge in [0.05, 0.1) is 18.8 Å². The molecular formula is C25H22BrN3O2. The van der Waals surface area contributed by atoms with Gasteiger partial charge in [-0.2, -0.15) is 0 Å². The molecule has 0 radical (unpaired) electrons. The Morgan fingerprint density at radius 3 is 2.58 bits per heavy atom. The first kappa shape index (κ1) is 19.7. The van der Waals surface area contributed by atoms with E-state index in [1.807, 2.05) is 59.5 Å². The van der Waals surface area contributed by atoms with E-state index in [9.17, 15) is 4.79 Å². The number of para-hydroxylation sites is 2. The summed E-state index contributed by atoms with van der Waals surface area (Å²) in [5.41, 5.74) is 5.24. The molecule has 1 aliphatic heterocycles. The van der Waals surface area contributed by atoms with Crippen LogP contribution in [0, 0.1) is 0 Å². The number of amides is 2. The number of rotatable bonds is 3. The van der Waals surface area contributed by atoms with Gasteiger partial charge in [-0.3, -0.25) is 0 Å². The number of nitrogens with one attached hydrogen (secondary N) is 2. The molecule has 2 heterocycles. The molecule has 3 aromatic carbocycles. The highest BCUT2D eigenvalue weighted by Crippen LogP contribution is 2.39. The molecule has 0 saturated carbocycles. The number of fused-ring (bicyclic) bond motifs is 3. The van der Waals surface area contributed by atoms with E-state index in [0.717, 1.165) is 39.1 Å². The van der Waals surface area contributed by atoms with Crippen LogP contribution in [0.1, 0.15) is 22.9 Å². The van der Waals surface area contributed by atoms with Crippen LogP contribution in [0.3, 0.4) is 0 Å². The molecule has 1 aromatic heterocycles. The predicted octanol–water partition coefficient (Wildman–Crippen LogP) is 6.12. The lowest BCUT2D eigenvalue weighted by molar-refractivity contribution is 0.193. The van der Waals surface area contributed by atoms with Crippen LogP contribution in [-0.2, 0) is 6.42 Å². The van der Waals surface area contributed by atoms with E-state index in [0.29, 0.717) is 6.54 Å². The van der Waals surface area contributed by atoms with E-state index in [2.05, 4.69) is 44.4 Å². The summed E-state index contributed by atoms with van der Waals surface area (Å²) >= 11 is 3.52. The summed E-state index contributed by atoms with van der Waals surface area (Å²) in [5.74, 6) is 0.792. The van der Waals surface area contributed by atoms with Crippen LogP contribution >= 0.6 is 15.9 Å². The van der Waals surface area contributed by atoms with E-state index >= 15 is 0 Å². The number of carbonyl (C=O) groups excluding carboxylic acids is 1. The van der Waals surface area contributed by atoms with Crippen LogP contribution in [0.5, 0.6) is 5.75 Å². The van der Waals surface area contributed by atoms with Crippen molar-refractivity contribution in [3.8, 4) is 5.75 Å². The number of aromatic amines is 1. The van der Waals surface area contributed by atoms with Crippen LogP contribution in [0.4, 0.5) is 10.5 Å². The smallest absolute Gasteiger partial charge is 0.322 e. The number of methoxy groups -OCH3 is 1. The molecule has 5 rings (SSSR count). The van der Waals surface area contributed by atoms with Crippen molar-refractivity contribution in [2.24, 2.45) is 0 Å². The quantitative estimate of drug-likeness (QED) is 0.375. The minimum atomic E-state index is -0.218. The SMILES string of the molecule is COc1ccc([C@@H]2c3[nH]c4ccccc4c3CCN2C(=O)Nc2ccccc2Br)cc1. The van der Waals surface area contributed by atoms with E-state index < -0.39 is 0 Å². The first-order valence-corrected chi connectivity index (χ1v) is 11.0. The molecule has 0 aliphatic carbocycles. The topological polar surface area (TPSA) is 57.4 Å². The lowest BCUT2D eigenvalue weighted by Gasteiger charge is -2.36. The van der Waals surface area contributed by atoms with Crippen molar-refractivity contribution in [2.45, 2.75) is 12.5 Å². The second-order valence-electron chi connectivity index (χ2n) is 7.59. The minimum absolute atomic E-state index is 0.128. The van der Waals surface area contributed by atoms with Gasteiger partial charge in [0, 0.05) is 27.6 Å². The largest absolute Gasteiger partial charge is 0.497 e. The summed E-state index contributed by atoms with van der Waals surface area (Å²) in [7, 11) is 1.66. The molecule has 5 nitrogen and oxygen atoms in total. The molecule has 4 aromatic rings. The van der Waals surface area contributed by atoms with Crippen molar-refractivity contribution in [1.82, 2.24) is 9.88 Å². The highest BCUT2D eigenvalue weighted by atomic mass is 79.9. The maximum Gasteiger partial charge on any atom is 0.322 e. The Kier molecular flexibility index (Phi) is 5.16. The number of anilines is 1. The van der Waals surface area contributed by atoms with E-state index in [1.54, 1.807) is 7.11 Å². The number of hydrogen-bond acceptors (Lipinski definition) is 2. The zero-order chi connectivity index (χ0) is 21.4. The zero-order valence-electron chi connectivity index (χ0n) is 17.1. The number of H-pyrrole nitrogens is 1. The summed E-state index contributed by atoms with van der Waals surface area (Å²) < 4.78 is 6.19. The van der Waals surface area contributed by atoms with Crippen molar-refractivity contribution in [3.63, 3.8) is 0 Å². The fourth-order valence-corrected chi connectivity index (χ4v) is 4.73. The number of urea groups is 1. The van der Waals surface area contributed by atoms with Gasteiger partial charge in [-0.25, -0.2) is 4.79 Å². The molecule has 0 saturated heterocycles. The molecule has 0 bridgehead atoms. The average Bonchev–Trinajstić information content (AvgIpc) is 3.19. The number of carbonyl (C=O) groups is 1. The first-order chi connectivity index (χ1) is 15.2. The zero-order valence-corrected chi connectivity index (χ0v) is 18.6. The molecule has 156 valence electrons. The fraction of sp³-hybridized carbons (Fsp3) is 0.160. The standard InChI is InChI=1S/C25H22BrN3O2/c1-31-17-12-10-16(11-13-17)24-23-19(18-6-2-4-8-21(18)27-23)14-15-29(24)25(30)28-22-9-5-3-7-20(22)26/h2-13,24,27H,14-15H2,1H3,(H,28,30)/t24-/m1/s1. The van der Waals surface area contributed by atoms with Crippen molar-refractivity contribution < 1.29 is 9.53 Å². The highest BCUT2D eigenvalue weighted by molar-refractivity contribution is 9.10. The van der Waals surface area contributed by atoms with Gasteiger partial charge < -0.3 is 19.9 Å². The third-order valence-electron chi connectivity index (χ3n) is 5.84. The highest BCUT2D eigenvalue weighted by Gasteiger charge is 2.34. The average molecular weight is 476 g/mol. The lowest BCUT2D eigenvalue weighted by Crippen LogP contribution is -2.43. The molecular weight excluding hydrogens is 454 g/mol. The van der Waals surface area contributed by atoms with Gasteiger partial charge in [-0.15, -0.1) is 0 Å². The monoisotopic (exact) mass is 475 g/mol. The number of ether oxygens (including phenoxy) is 1. The predicted molar refractivity (Wildman–Crippen MR) is 127 cm³/mol. The molecule has 0 fully saturated rings. The fourth-order valence-electron chi connectivity index (χ4n) is 4.34. The molecule has 1 atom stereocenters. The second-order valence-corrected chi connectivity index (χ2v) is 8.45. The van der Waals surface area contributed by atoms with Crippen LogP contribution < -0.4 is 10.1 Å². The van der Waals surface area contributed by atoms with Gasteiger partial charge in [0.1, 0.15) is 5.75 Å². The number of benzene rings is 3. The van der Waals surface area contributed by atoms with Gasteiger partial charge in [0.2, 0.25) is 0 Å².